The first-order chi connectivity index (χ1) is 6.42. The summed E-state index contributed by atoms with van der Waals surface area (Å²) in [6.45, 7) is 2.46. The average Bonchev–Trinajstić information content (AvgIpc) is 2.19. The van der Waals surface area contributed by atoms with Gasteiger partial charge in [-0.1, -0.05) is 12.8 Å². The Bertz CT molecular complexity index is 156. The molecule has 2 aliphatic rings. The van der Waals surface area contributed by atoms with E-state index < -0.39 is 0 Å². The average molecular weight is 183 g/mol. The second-order valence-electron chi connectivity index (χ2n) is 4.51. The van der Waals surface area contributed by atoms with E-state index in [4.69, 9.17) is 5.11 Å². The van der Waals surface area contributed by atoms with Gasteiger partial charge in [-0.3, -0.25) is 4.90 Å². The van der Waals surface area contributed by atoms with Crippen LogP contribution < -0.4 is 0 Å². The minimum absolute atomic E-state index is 0.337. The molecule has 0 aromatic rings. The van der Waals surface area contributed by atoms with Crippen molar-refractivity contribution in [2.45, 2.75) is 44.6 Å². The number of rotatable bonds is 2. The topological polar surface area (TPSA) is 23.5 Å². The maximum Gasteiger partial charge on any atom is 0.0558 e. The fraction of sp³-hybridized carbons (Fsp3) is 1.00. The zero-order chi connectivity index (χ0) is 9.10. The number of nitrogens with zero attached hydrogens (tertiary/aromatic N) is 1. The third-order valence-electron chi connectivity index (χ3n) is 3.75. The van der Waals surface area contributed by atoms with Crippen LogP contribution >= 0.6 is 0 Å². The number of piperidine rings is 1. The Hall–Kier alpha value is -0.0800. The van der Waals surface area contributed by atoms with Crippen molar-refractivity contribution in [1.29, 1.82) is 0 Å². The maximum absolute atomic E-state index is 8.97. The molecule has 2 rings (SSSR count). The van der Waals surface area contributed by atoms with Gasteiger partial charge in [-0.25, -0.2) is 0 Å². The lowest BCUT2D eigenvalue weighted by molar-refractivity contribution is 0.0472. The number of likely N-dealkylation sites (tertiary alicyclic amines) is 1. The van der Waals surface area contributed by atoms with Crippen LogP contribution in [-0.2, 0) is 0 Å². The van der Waals surface area contributed by atoms with Gasteiger partial charge in [0.1, 0.15) is 0 Å². The van der Waals surface area contributed by atoms with Crippen LogP contribution in [0.3, 0.4) is 0 Å². The van der Waals surface area contributed by atoms with Crippen molar-refractivity contribution in [3.63, 3.8) is 0 Å². The Morgan fingerprint density at radius 2 is 1.85 bits per heavy atom. The summed E-state index contributed by atoms with van der Waals surface area (Å²) in [6, 6.07) is 0.814. The second kappa shape index (κ2) is 4.43. The van der Waals surface area contributed by atoms with Gasteiger partial charge in [0.05, 0.1) is 6.61 Å². The summed E-state index contributed by atoms with van der Waals surface area (Å²) in [4.78, 5) is 2.52. The van der Waals surface area contributed by atoms with Crippen molar-refractivity contribution >= 4 is 0 Å². The monoisotopic (exact) mass is 183 g/mol. The third kappa shape index (κ3) is 2.05. The van der Waals surface area contributed by atoms with Gasteiger partial charge in [0.25, 0.3) is 0 Å². The summed E-state index contributed by atoms with van der Waals surface area (Å²) in [6.07, 6.45) is 8.45. The number of fused-ring (bicyclic) bond motifs is 1. The summed E-state index contributed by atoms with van der Waals surface area (Å²) in [7, 11) is 0. The minimum atomic E-state index is 0.337. The van der Waals surface area contributed by atoms with Gasteiger partial charge in [0.15, 0.2) is 0 Å². The Kier molecular flexibility index (Phi) is 3.23. The number of hydrogen-bond acceptors (Lipinski definition) is 2. The van der Waals surface area contributed by atoms with Crippen LogP contribution in [0.15, 0.2) is 0 Å². The van der Waals surface area contributed by atoms with Gasteiger partial charge in [-0.15, -0.1) is 0 Å². The lowest BCUT2D eigenvalue weighted by Gasteiger charge is -2.43. The molecule has 0 amide bonds. The highest BCUT2D eigenvalue weighted by molar-refractivity contribution is 4.86. The van der Waals surface area contributed by atoms with Crippen LogP contribution in [0.2, 0.25) is 0 Å². The molecule has 1 aliphatic heterocycles. The third-order valence-corrected chi connectivity index (χ3v) is 3.75. The molecule has 76 valence electrons. The molecule has 0 unspecified atom stereocenters. The van der Waals surface area contributed by atoms with Crippen molar-refractivity contribution < 1.29 is 5.11 Å². The van der Waals surface area contributed by atoms with Crippen molar-refractivity contribution in [3.8, 4) is 0 Å². The van der Waals surface area contributed by atoms with Crippen molar-refractivity contribution in [1.82, 2.24) is 4.90 Å². The Morgan fingerprint density at radius 3 is 2.69 bits per heavy atom. The molecule has 1 saturated heterocycles. The molecule has 2 heteroatoms. The molecule has 0 spiro atoms. The minimum Gasteiger partial charge on any atom is -0.395 e. The van der Waals surface area contributed by atoms with Crippen molar-refractivity contribution in [3.05, 3.63) is 0 Å². The van der Waals surface area contributed by atoms with Gasteiger partial charge in [-0.2, -0.15) is 0 Å². The van der Waals surface area contributed by atoms with Crippen LogP contribution in [0.25, 0.3) is 0 Å². The highest BCUT2D eigenvalue weighted by atomic mass is 16.3. The normalized spacial score (nSPS) is 35.8. The maximum atomic E-state index is 8.97. The molecule has 0 bridgehead atoms. The summed E-state index contributed by atoms with van der Waals surface area (Å²) in [5.41, 5.74) is 0. The number of β-amino-alcohol motifs (C(OH)–C–C–N with tert-alkyl or cyclic N) is 1. The molecular weight excluding hydrogens is 162 g/mol. The zero-order valence-electron chi connectivity index (χ0n) is 8.41. The molecule has 1 aliphatic carbocycles. The summed E-state index contributed by atoms with van der Waals surface area (Å²) < 4.78 is 0. The van der Waals surface area contributed by atoms with Crippen LogP contribution in [-0.4, -0.2) is 35.7 Å². The summed E-state index contributed by atoms with van der Waals surface area (Å²) in [5, 5.41) is 8.97. The molecule has 1 saturated carbocycles. The number of aliphatic hydroxyl groups excluding tert-OH is 1. The van der Waals surface area contributed by atoms with E-state index in [-0.39, 0.29) is 0 Å². The highest BCUT2D eigenvalue weighted by Gasteiger charge is 2.32. The second-order valence-corrected chi connectivity index (χ2v) is 4.51. The molecule has 1 N–H and O–H groups in total. The molecule has 2 fully saturated rings. The fourth-order valence-corrected chi connectivity index (χ4v) is 3.13. The predicted octanol–water partition coefficient (Wildman–Crippen LogP) is 1.63. The van der Waals surface area contributed by atoms with Crippen LogP contribution in [0, 0.1) is 5.92 Å². The van der Waals surface area contributed by atoms with E-state index >= 15 is 0 Å². The molecule has 0 radical (unpaired) electrons. The molecular formula is C11H21NO. The van der Waals surface area contributed by atoms with Crippen LogP contribution in [0.1, 0.15) is 38.5 Å². The van der Waals surface area contributed by atoms with Gasteiger partial charge in [0, 0.05) is 12.6 Å². The number of hydrogen-bond donors (Lipinski definition) is 1. The van der Waals surface area contributed by atoms with Crippen molar-refractivity contribution in [2.75, 3.05) is 19.7 Å². The Balaban J connectivity index is 1.94. The van der Waals surface area contributed by atoms with Crippen LogP contribution in [0.5, 0.6) is 0 Å². The first kappa shape index (κ1) is 9.47. The molecule has 1 heterocycles. The SMILES string of the molecule is OCCN1CCC[C@H]2CCCC[C@@H]21. The molecule has 13 heavy (non-hydrogen) atoms. The van der Waals surface area contributed by atoms with E-state index in [9.17, 15) is 0 Å². The van der Waals surface area contributed by atoms with Crippen LogP contribution in [0.4, 0.5) is 0 Å². The predicted molar refractivity (Wildman–Crippen MR) is 53.6 cm³/mol. The zero-order valence-corrected chi connectivity index (χ0v) is 8.41. The Morgan fingerprint density at radius 1 is 1.08 bits per heavy atom. The Labute approximate surface area is 80.9 Å². The van der Waals surface area contributed by atoms with Gasteiger partial charge >= 0.3 is 0 Å². The van der Waals surface area contributed by atoms with Gasteiger partial charge < -0.3 is 5.11 Å². The molecule has 2 nitrogen and oxygen atoms in total. The molecule has 0 aromatic heterocycles. The quantitative estimate of drug-likeness (QED) is 0.703. The fourth-order valence-electron chi connectivity index (χ4n) is 3.13. The lowest BCUT2D eigenvalue weighted by atomic mass is 9.78. The van der Waals surface area contributed by atoms with E-state index in [0.717, 1.165) is 18.5 Å². The largest absolute Gasteiger partial charge is 0.395 e. The van der Waals surface area contributed by atoms with E-state index in [2.05, 4.69) is 4.90 Å². The molecule has 2 atom stereocenters. The molecule has 0 aromatic carbocycles. The first-order valence-electron chi connectivity index (χ1n) is 5.76. The van der Waals surface area contributed by atoms with E-state index in [1.165, 1.54) is 45.1 Å². The van der Waals surface area contributed by atoms with Gasteiger partial charge in [0.2, 0.25) is 0 Å². The lowest BCUT2D eigenvalue weighted by Crippen LogP contribution is -2.47. The van der Waals surface area contributed by atoms with E-state index in [0.29, 0.717) is 6.61 Å². The van der Waals surface area contributed by atoms with E-state index in [1.54, 1.807) is 0 Å². The number of aliphatic hydroxyl groups is 1. The highest BCUT2D eigenvalue weighted by Crippen LogP contribution is 2.34. The van der Waals surface area contributed by atoms with E-state index in [1.807, 2.05) is 0 Å². The first-order valence-corrected chi connectivity index (χ1v) is 5.76. The standard InChI is InChI=1S/C11H21NO/c13-9-8-12-7-3-5-10-4-1-2-6-11(10)12/h10-11,13H,1-9H2/t10-,11+/m1/s1. The summed E-state index contributed by atoms with van der Waals surface area (Å²) >= 11 is 0. The van der Waals surface area contributed by atoms with Crippen molar-refractivity contribution in [2.24, 2.45) is 5.92 Å². The van der Waals surface area contributed by atoms with Gasteiger partial charge in [-0.05, 0) is 38.1 Å². The smallest absolute Gasteiger partial charge is 0.0558 e. The summed E-state index contributed by atoms with van der Waals surface area (Å²) in [5.74, 6) is 0.953.